The van der Waals surface area contributed by atoms with Crippen molar-refractivity contribution >= 4 is 11.9 Å². The van der Waals surface area contributed by atoms with Crippen molar-refractivity contribution in [1.82, 2.24) is 0 Å². The van der Waals surface area contributed by atoms with Gasteiger partial charge in [0.05, 0.1) is 0 Å². The van der Waals surface area contributed by atoms with E-state index >= 15 is 0 Å². The van der Waals surface area contributed by atoms with Gasteiger partial charge in [0.1, 0.15) is 0 Å². The van der Waals surface area contributed by atoms with Gasteiger partial charge in [0.25, 0.3) is 0 Å². The minimum Gasteiger partial charge on any atom is -0.478 e. The standard InChI is InChI=1S/C4H6O2.C4H10O2.C3H4O2/c1-3(2)4(5)6;1-2-3-4(5)6;1-2-3(4)5/h1H2,2H3,(H,5,6);4-6H,2-3H2,1H3;2H,1H2,(H,4,5). The van der Waals surface area contributed by atoms with Gasteiger partial charge in [-0.3, -0.25) is 0 Å². The summed E-state index contributed by atoms with van der Waals surface area (Å²) in [5.41, 5.74) is 0.176. The normalized spacial score (nSPS) is 8.06. The first-order valence-corrected chi connectivity index (χ1v) is 4.79. The zero-order valence-corrected chi connectivity index (χ0v) is 10.1. The maximum absolute atomic E-state index is 9.60. The number of hydrogen-bond donors (Lipinski definition) is 4. The third-order valence-electron chi connectivity index (χ3n) is 1.09. The lowest BCUT2D eigenvalue weighted by Gasteiger charge is -1.94. The van der Waals surface area contributed by atoms with E-state index in [1.54, 1.807) is 0 Å². The van der Waals surface area contributed by atoms with Crippen molar-refractivity contribution in [1.29, 1.82) is 0 Å². The van der Waals surface area contributed by atoms with Crippen LogP contribution in [0.5, 0.6) is 0 Å². The monoisotopic (exact) mass is 248 g/mol. The molecule has 0 aliphatic carbocycles. The van der Waals surface area contributed by atoms with E-state index in [1.807, 2.05) is 6.92 Å². The first kappa shape index (κ1) is 20.7. The lowest BCUT2D eigenvalue weighted by Crippen LogP contribution is -2.01. The molecule has 6 nitrogen and oxygen atoms in total. The molecule has 0 aromatic rings. The molecule has 0 saturated heterocycles. The highest BCUT2D eigenvalue weighted by atomic mass is 16.5. The topological polar surface area (TPSA) is 115 Å². The fourth-order valence-corrected chi connectivity index (χ4v) is 0.258. The minimum absolute atomic E-state index is 0.176. The zero-order chi connectivity index (χ0) is 14.4. The van der Waals surface area contributed by atoms with Crippen LogP contribution in [0.4, 0.5) is 0 Å². The Morgan fingerprint density at radius 1 is 1.29 bits per heavy atom. The van der Waals surface area contributed by atoms with Crippen LogP contribution in [0.3, 0.4) is 0 Å². The summed E-state index contributed by atoms with van der Waals surface area (Å²) in [7, 11) is 0. The number of aliphatic hydroxyl groups excluding tert-OH is 1. The van der Waals surface area contributed by atoms with Crippen molar-refractivity contribution in [3.63, 3.8) is 0 Å². The molecule has 0 saturated carbocycles. The van der Waals surface area contributed by atoms with E-state index in [0.29, 0.717) is 6.42 Å². The van der Waals surface area contributed by atoms with Gasteiger partial charge in [-0.2, -0.15) is 0 Å². The zero-order valence-electron chi connectivity index (χ0n) is 10.1. The smallest absolute Gasteiger partial charge is 0.330 e. The van der Waals surface area contributed by atoms with Crippen LogP contribution >= 0.6 is 0 Å². The molecule has 0 aliphatic heterocycles. The number of aliphatic hydroxyl groups is 2. The van der Waals surface area contributed by atoms with Gasteiger partial charge < -0.3 is 20.4 Å². The van der Waals surface area contributed by atoms with Crippen LogP contribution in [0.25, 0.3) is 0 Å². The lowest BCUT2D eigenvalue weighted by atomic mass is 10.3. The number of aliphatic carboxylic acids is 2. The predicted molar refractivity (Wildman–Crippen MR) is 63.4 cm³/mol. The number of carboxylic acid groups (broad SMARTS) is 2. The Hall–Kier alpha value is -1.66. The maximum Gasteiger partial charge on any atom is 0.330 e. The largest absolute Gasteiger partial charge is 0.478 e. The van der Waals surface area contributed by atoms with Crippen LogP contribution in [-0.2, 0) is 9.59 Å². The fourth-order valence-electron chi connectivity index (χ4n) is 0.258. The van der Waals surface area contributed by atoms with Crippen LogP contribution in [0.1, 0.15) is 26.7 Å². The van der Waals surface area contributed by atoms with Gasteiger partial charge in [-0.25, -0.2) is 9.59 Å². The Morgan fingerprint density at radius 2 is 1.59 bits per heavy atom. The quantitative estimate of drug-likeness (QED) is 0.436. The number of carbonyl (C=O) groups is 2. The fraction of sp³-hybridized carbons (Fsp3) is 0.455. The van der Waals surface area contributed by atoms with Crippen molar-refractivity contribution in [3.05, 3.63) is 24.8 Å². The molecule has 100 valence electrons. The summed E-state index contributed by atoms with van der Waals surface area (Å²) < 4.78 is 0. The third kappa shape index (κ3) is 40.5. The second-order valence-electron chi connectivity index (χ2n) is 2.90. The van der Waals surface area contributed by atoms with E-state index in [1.165, 1.54) is 6.92 Å². The van der Waals surface area contributed by atoms with Crippen LogP contribution in [-0.4, -0.2) is 38.7 Å². The van der Waals surface area contributed by atoms with Crippen molar-refractivity contribution in [2.75, 3.05) is 0 Å². The summed E-state index contributed by atoms with van der Waals surface area (Å²) in [6, 6.07) is 0. The Bertz CT molecular complexity index is 232. The highest BCUT2D eigenvalue weighted by molar-refractivity contribution is 5.84. The molecule has 0 fully saturated rings. The van der Waals surface area contributed by atoms with Crippen LogP contribution < -0.4 is 0 Å². The second-order valence-corrected chi connectivity index (χ2v) is 2.90. The van der Waals surface area contributed by atoms with E-state index in [4.69, 9.17) is 20.4 Å². The summed E-state index contributed by atoms with van der Waals surface area (Å²) in [5, 5.41) is 31.7. The summed E-state index contributed by atoms with van der Waals surface area (Å²) >= 11 is 0. The minimum atomic E-state index is -1.10. The lowest BCUT2D eigenvalue weighted by molar-refractivity contribution is -0.133. The second kappa shape index (κ2) is 14.3. The van der Waals surface area contributed by atoms with Gasteiger partial charge >= 0.3 is 11.9 Å². The van der Waals surface area contributed by atoms with Crippen LogP contribution in [0, 0.1) is 0 Å². The molecule has 0 radical (unpaired) electrons. The molecule has 0 spiro atoms. The SMILES string of the molecule is C=C(C)C(=O)O.C=CC(=O)O.CCCC(O)O. The molecule has 0 atom stereocenters. The average molecular weight is 248 g/mol. The van der Waals surface area contributed by atoms with Gasteiger partial charge in [-0.15, -0.1) is 0 Å². The first-order valence-electron chi connectivity index (χ1n) is 4.79. The van der Waals surface area contributed by atoms with E-state index < -0.39 is 18.2 Å². The van der Waals surface area contributed by atoms with Crippen LogP contribution in [0.2, 0.25) is 0 Å². The maximum atomic E-state index is 9.60. The van der Waals surface area contributed by atoms with Crippen molar-refractivity contribution in [2.24, 2.45) is 0 Å². The molecule has 0 rings (SSSR count). The van der Waals surface area contributed by atoms with Gasteiger partial charge in [0, 0.05) is 11.6 Å². The number of rotatable bonds is 4. The Morgan fingerprint density at radius 3 is 1.59 bits per heavy atom. The van der Waals surface area contributed by atoms with Gasteiger partial charge in [0.2, 0.25) is 0 Å². The van der Waals surface area contributed by atoms with Gasteiger partial charge in [0.15, 0.2) is 6.29 Å². The molecule has 0 bridgehead atoms. The van der Waals surface area contributed by atoms with Gasteiger partial charge in [-0.05, 0) is 13.3 Å². The molecule has 0 aliphatic rings. The highest BCUT2D eigenvalue weighted by Gasteiger charge is 1.90. The molecule has 17 heavy (non-hydrogen) atoms. The summed E-state index contributed by atoms with van der Waals surface area (Å²) in [5.74, 6) is -1.92. The summed E-state index contributed by atoms with van der Waals surface area (Å²) in [6.45, 7) is 9.46. The molecule has 0 aromatic carbocycles. The van der Waals surface area contributed by atoms with E-state index in [2.05, 4.69) is 13.2 Å². The average Bonchev–Trinajstić information content (AvgIpc) is 2.19. The van der Waals surface area contributed by atoms with Crippen molar-refractivity contribution in [2.45, 2.75) is 33.0 Å². The van der Waals surface area contributed by atoms with E-state index in [9.17, 15) is 9.59 Å². The van der Waals surface area contributed by atoms with E-state index in [-0.39, 0.29) is 5.57 Å². The molecular formula is C11H20O6. The molecule has 0 amide bonds. The number of carboxylic acids is 2. The molecule has 6 heteroatoms. The van der Waals surface area contributed by atoms with Crippen molar-refractivity contribution < 1.29 is 30.0 Å². The summed E-state index contributed by atoms with van der Waals surface area (Å²) in [6.07, 6.45) is 1.05. The Balaban J connectivity index is -0.000000174. The van der Waals surface area contributed by atoms with Crippen LogP contribution in [0.15, 0.2) is 24.8 Å². The van der Waals surface area contributed by atoms with Gasteiger partial charge in [-0.1, -0.05) is 26.5 Å². The molecular weight excluding hydrogens is 228 g/mol. The Labute approximate surface area is 101 Å². The van der Waals surface area contributed by atoms with Crippen molar-refractivity contribution in [3.8, 4) is 0 Å². The predicted octanol–water partition coefficient (Wildman–Crippen LogP) is 1.00. The highest BCUT2D eigenvalue weighted by Crippen LogP contribution is 1.88. The first-order chi connectivity index (χ1) is 7.68. The Kier molecular flexibility index (Phi) is 17.5. The third-order valence-corrected chi connectivity index (χ3v) is 1.09. The number of hydrogen-bond acceptors (Lipinski definition) is 4. The molecule has 4 N–H and O–H groups in total. The molecule has 0 aromatic heterocycles. The molecule has 0 unspecified atom stereocenters. The summed E-state index contributed by atoms with van der Waals surface area (Å²) in [4.78, 5) is 18.8. The molecule has 0 heterocycles. The van der Waals surface area contributed by atoms with E-state index in [0.717, 1.165) is 12.5 Å².